The zero-order valence-corrected chi connectivity index (χ0v) is 11.9. The number of piperidine rings is 1. The van der Waals surface area contributed by atoms with E-state index in [-0.39, 0.29) is 16.6 Å². The SMILES string of the molecule is CC(=O)Nc1cc(N2CCCCC2)c([N+](=O)[O-])cc1Cl. The van der Waals surface area contributed by atoms with Gasteiger partial charge in [0.05, 0.1) is 15.6 Å². The van der Waals surface area contributed by atoms with Gasteiger partial charge >= 0.3 is 0 Å². The van der Waals surface area contributed by atoms with Crippen LogP contribution in [0.3, 0.4) is 0 Å². The molecule has 1 aromatic carbocycles. The van der Waals surface area contributed by atoms with Crippen molar-refractivity contribution in [1.82, 2.24) is 0 Å². The summed E-state index contributed by atoms with van der Waals surface area (Å²) in [5.74, 6) is -0.259. The maximum Gasteiger partial charge on any atom is 0.294 e. The van der Waals surface area contributed by atoms with Gasteiger partial charge in [-0.2, -0.15) is 0 Å². The number of rotatable bonds is 3. The lowest BCUT2D eigenvalue weighted by Crippen LogP contribution is -2.30. The Morgan fingerprint density at radius 2 is 2.00 bits per heavy atom. The molecule has 0 bridgehead atoms. The lowest BCUT2D eigenvalue weighted by molar-refractivity contribution is -0.384. The fourth-order valence-corrected chi connectivity index (χ4v) is 2.58. The number of nitrogens with one attached hydrogen (secondary N) is 1. The first-order chi connectivity index (χ1) is 9.49. The first kappa shape index (κ1) is 14.6. The molecule has 0 aliphatic carbocycles. The summed E-state index contributed by atoms with van der Waals surface area (Å²) in [4.78, 5) is 23.9. The standard InChI is InChI=1S/C13H16ClN3O3/c1-9(18)15-11-8-12(16-5-3-2-4-6-16)13(17(19)20)7-10(11)14/h7-8H,2-6H2,1H3,(H,15,18). The molecule has 0 aromatic heterocycles. The molecule has 0 saturated carbocycles. The van der Waals surface area contributed by atoms with E-state index in [9.17, 15) is 14.9 Å². The minimum atomic E-state index is -0.437. The number of anilines is 2. The summed E-state index contributed by atoms with van der Waals surface area (Å²) in [7, 11) is 0. The van der Waals surface area contributed by atoms with Crippen molar-refractivity contribution in [1.29, 1.82) is 0 Å². The molecule has 2 rings (SSSR count). The third-order valence-corrected chi connectivity index (χ3v) is 3.58. The second-order valence-corrected chi connectivity index (χ2v) is 5.21. The van der Waals surface area contributed by atoms with Crippen molar-refractivity contribution < 1.29 is 9.72 Å². The summed E-state index contributed by atoms with van der Waals surface area (Å²) >= 11 is 5.99. The number of amides is 1. The summed E-state index contributed by atoms with van der Waals surface area (Å²) in [5.41, 5.74) is 0.902. The Hall–Kier alpha value is -1.82. The van der Waals surface area contributed by atoms with Crippen LogP contribution < -0.4 is 10.2 Å². The Balaban J connectivity index is 2.44. The smallest absolute Gasteiger partial charge is 0.294 e. The van der Waals surface area contributed by atoms with Crippen LogP contribution in [0.25, 0.3) is 0 Å². The second-order valence-electron chi connectivity index (χ2n) is 4.81. The lowest BCUT2D eigenvalue weighted by Gasteiger charge is -2.28. The van der Waals surface area contributed by atoms with Crippen LogP contribution in [0.1, 0.15) is 26.2 Å². The van der Waals surface area contributed by atoms with Crippen LogP contribution >= 0.6 is 11.6 Å². The van der Waals surface area contributed by atoms with Gasteiger partial charge in [0.1, 0.15) is 5.69 Å². The number of hydrogen-bond acceptors (Lipinski definition) is 4. The quantitative estimate of drug-likeness (QED) is 0.686. The van der Waals surface area contributed by atoms with Gasteiger partial charge in [-0.05, 0) is 25.3 Å². The zero-order chi connectivity index (χ0) is 14.7. The predicted octanol–water partition coefficient (Wildman–Crippen LogP) is 3.20. The normalized spacial score (nSPS) is 15.0. The number of halogens is 1. The molecule has 1 saturated heterocycles. The second kappa shape index (κ2) is 6.09. The summed E-state index contributed by atoms with van der Waals surface area (Å²) in [5, 5.41) is 14.0. The monoisotopic (exact) mass is 297 g/mol. The van der Waals surface area contributed by atoms with Crippen LogP contribution in [0.4, 0.5) is 17.1 Å². The summed E-state index contributed by atoms with van der Waals surface area (Å²) in [6.45, 7) is 2.93. The molecule has 6 nitrogen and oxygen atoms in total. The topological polar surface area (TPSA) is 75.5 Å². The Labute approximate surface area is 121 Å². The van der Waals surface area contributed by atoms with Crippen LogP contribution in [0.2, 0.25) is 5.02 Å². The van der Waals surface area contributed by atoms with Crippen LogP contribution in [-0.2, 0) is 4.79 Å². The maximum atomic E-state index is 11.2. The molecule has 0 unspecified atom stereocenters. The Morgan fingerprint density at radius 3 is 2.55 bits per heavy atom. The predicted molar refractivity (Wildman–Crippen MR) is 78.5 cm³/mol. The minimum absolute atomic E-state index is 0.0222. The van der Waals surface area contributed by atoms with E-state index >= 15 is 0 Å². The molecule has 1 aliphatic heterocycles. The first-order valence-corrected chi connectivity index (χ1v) is 6.87. The van der Waals surface area contributed by atoms with E-state index in [0.29, 0.717) is 11.4 Å². The summed E-state index contributed by atoms with van der Waals surface area (Å²) < 4.78 is 0. The van der Waals surface area contributed by atoms with Crippen LogP contribution in [0.5, 0.6) is 0 Å². The molecule has 1 aliphatic rings. The number of nitrogens with zero attached hydrogens (tertiary/aromatic N) is 2. The van der Waals surface area contributed by atoms with Gasteiger partial charge in [-0.1, -0.05) is 11.6 Å². The minimum Gasteiger partial charge on any atom is -0.366 e. The van der Waals surface area contributed by atoms with E-state index in [4.69, 9.17) is 11.6 Å². The molecular weight excluding hydrogens is 282 g/mol. The molecule has 0 radical (unpaired) electrons. The molecule has 0 atom stereocenters. The number of carbonyl (C=O) groups excluding carboxylic acids is 1. The highest BCUT2D eigenvalue weighted by Crippen LogP contribution is 2.37. The van der Waals surface area contributed by atoms with E-state index < -0.39 is 4.92 Å². The van der Waals surface area contributed by atoms with E-state index in [1.165, 1.54) is 13.0 Å². The number of benzene rings is 1. The Kier molecular flexibility index (Phi) is 4.44. The highest BCUT2D eigenvalue weighted by Gasteiger charge is 2.23. The van der Waals surface area contributed by atoms with Crippen LogP contribution in [0.15, 0.2) is 12.1 Å². The van der Waals surface area contributed by atoms with Gasteiger partial charge in [0.15, 0.2) is 0 Å². The molecule has 1 fully saturated rings. The molecule has 1 heterocycles. The van der Waals surface area contributed by atoms with E-state index in [1.807, 2.05) is 4.90 Å². The van der Waals surface area contributed by atoms with E-state index in [1.54, 1.807) is 6.07 Å². The van der Waals surface area contributed by atoms with Gasteiger partial charge in [-0.25, -0.2) is 0 Å². The fourth-order valence-electron chi connectivity index (χ4n) is 2.37. The average Bonchev–Trinajstić information content (AvgIpc) is 2.41. The lowest BCUT2D eigenvalue weighted by atomic mass is 10.1. The van der Waals surface area contributed by atoms with Gasteiger partial charge in [-0.3, -0.25) is 14.9 Å². The molecule has 108 valence electrons. The molecular formula is C13H16ClN3O3. The van der Waals surface area contributed by atoms with Gasteiger partial charge in [0.2, 0.25) is 5.91 Å². The molecule has 0 spiro atoms. The Morgan fingerprint density at radius 1 is 1.35 bits per heavy atom. The highest BCUT2D eigenvalue weighted by atomic mass is 35.5. The third-order valence-electron chi connectivity index (χ3n) is 3.27. The molecule has 1 aromatic rings. The number of carbonyl (C=O) groups is 1. The van der Waals surface area contributed by atoms with Gasteiger partial charge < -0.3 is 10.2 Å². The van der Waals surface area contributed by atoms with Crippen molar-refractivity contribution in [3.05, 3.63) is 27.3 Å². The number of hydrogen-bond donors (Lipinski definition) is 1. The van der Waals surface area contributed by atoms with Crippen LogP contribution in [0, 0.1) is 10.1 Å². The van der Waals surface area contributed by atoms with Crippen molar-refractivity contribution >= 4 is 34.6 Å². The van der Waals surface area contributed by atoms with Crippen LogP contribution in [-0.4, -0.2) is 23.9 Å². The van der Waals surface area contributed by atoms with Gasteiger partial charge in [0, 0.05) is 26.1 Å². The molecule has 1 amide bonds. The molecule has 7 heteroatoms. The van der Waals surface area contributed by atoms with E-state index in [2.05, 4.69) is 5.32 Å². The number of nitro groups is 1. The van der Waals surface area contributed by atoms with Gasteiger partial charge in [0.25, 0.3) is 5.69 Å². The summed E-state index contributed by atoms with van der Waals surface area (Å²) in [6, 6.07) is 2.89. The Bertz CT molecular complexity index is 542. The van der Waals surface area contributed by atoms with Crippen molar-refractivity contribution in [2.75, 3.05) is 23.3 Å². The first-order valence-electron chi connectivity index (χ1n) is 6.49. The zero-order valence-electron chi connectivity index (χ0n) is 11.2. The van der Waals surface area contributed by atoms with Crippen molar-refractivity contribution in [3.8, 4) is 0 Å². The maximum absolute atomic E-state index is 11.2. The largest absolute Gasteiger partial charge is 0.366 e. The highest BCUT2D eigenvalue weighted by molar-refractivity contribution is 6.34. The summed E-state index contributed by atoms with van der Waals surface area (Å²) in [6.07, 6.45) is 3.15. The van der Waals surface area contributed by atoms with Crippen molar-refractivity contribution in [3.63, 3.8) is 0 Å². The fraction of sp³-hybridized carbons (Fsp3) is 0.462. The van der Waals surface area contributed by atoms with Crippen molar-refractivity contribution in [2.45, 2.75) is 26.2 Å². The van der Waals surface area contributed by atoms with E-state index in [0.717, 1.165) is 32.4 Å². The van der Waals surface area contributed by atoms with Crippen molar-refractivity contribution in [2.24, 2.45) is 0 Å². The third kappa shape index (κ3) is 3.19. The molecule has 20 heavy (non-hydrogen) atoms. The average molecular weight is 298 g/mol. The van der Waals surface area contributed by atoms with Gasteiger partial charge in [-0.15, -0.1) is 0 Å². The molecule has 1 N–H and O–H groups in total. The number of nitro benzene ring substituents is 1.